The Balaban J connectivity index is 1.58. The van der Waals surface area contributed by atoms with Crippen LogP contribution >= 0.6 is 0 Å². The number of aryl methyl sites for hydroxylation is 3. The van der Waals surface area contributed by atoms with Crippen LogP contribution in [0, 0.1) is 13.8 Å². The van der Waals surface area contributed by atoms with Gasteiger partial charge >= 0.3 is 0 Å². The van der Waals surface area contributed by atoms with Crippen LogP contribution in [0.4, 0.5) is 0 Å². The van der Waals surface area contributed by atoms with E-state index >= 15 is 0 Å². The first-order chi connectivity index (χ1) is 16.0. The van der Waals surface area contributed by atoms with Crippen molar-refractivity contribution in [2.24, 2.45) is 10.3 Å². The van der Waals surface area contributed by atoms with Crippen LogP contribution in [0.5, 0.6) is 0 Å². The first-order valence-electron chi connectivity index (χ1n) is 11.2. The first kappa shape index (κ1) is 24.0. The lowest BCUT2D eigenvalue weighted by molar-refractivity contribution is 0.141. The fourth-order valence-corrected chi connectivity index (χ4v) is 3.31. The average Bonchev–Trinajstić information content (AvgIpc) is 2.82. The molecule has 0 aliphatic rings. The Morgan fingerprint density at radius 1 is 0.818 bits per heavy atom. The highest BCUT2D eigenvalue weighted by Gasteiger charge is 2.09. The second-order valence-electron chi connectivity index (χ2n) is 7.72. The van der Waals surface area contributed by atoms with Crippen LogP contribution < -0.4 is 0 Å². The van der Waals surface area contributed by atoms with Crippen molar-refractivity contribution in [3.05, 3.63) is 76.9 Å². The number of aromatic nitrogens is 3. The van der Waals surface area contributed by atoms with Gasteiger partial charge in [-0.1, -0.05) is 22.4 Å². The van der Waals surface area contributed by atoms with Crippen LogP contribution in [-0.4, -0.2) is 39.6 Å². The van der Waals surface area contributed by atoms with Gasteiger partial charge in [0.05, 0.1) is 22.8 Å². The Morgan fingerprint density at radius 2 is 1.58 bits per heavy atom. The van der Waals surface area contributed by atoms with Gasteiger partial charge in [0.15, 0.2) is 0 Å². The van der Waals surface area contributed by atoms with Gasteiger partial charge in [0.1, 0.15) is 18.9 Å². The predicted octanol–water partition coefficient (Wildman–Crippen LogP) is 5.29. The van der Waals surface area contributed by atoms with Gasteiger partial charge in [-0.3, -0.25) is 15.0 Å². The summed E-state index contributed by atoms with van der Waals surface area (Å²) in [5.74, 6) is 0. The van der Waals surface area contributed by atoms with E-state index in [1.54, 1.807) is 0 Å². The molecule has 0 aliphatic carbocycles. The predicted molar refractivity (Wildman–Crippen MR) is 132 cm³/mol. The lowest BCUT2D eigenvalue weighted by Gasteiger charge is -2.08. The zero-order chi connectivity index (χ0) is 23.6. The number of pyridine rings is 3. The van der Waals surface area contributed by atoms with E-state index in [9.17, 15) is 0 Å². The van der Waals surface area contributed by atoms with Gasteiger partial charge in [-0.15, -0.1) is 0 Å². The monoisotopic (exact) mass is 445 g/mol. The molecule has 0 atom stereocenters. The van der Waals surface area contributed by atoms with Gasteiger partial charge in [-0.2, -0.15) is 0 Å². The van der Waals surface area contributed by atoms with Gasteiger partial charge < -0.3 is 9.68 Å². The molecule has 7 nitrogen and oxygen atoms in total. The van der Waals surface area contributed by atoms with Gasteiger partial charge in [0.25, 0.3) is 0 Å². The summed E-state index contributed by atoms with van der Waals surface area (Å²) in [7, 11) is 0. The zero-order valence-corrected chi connectivity index (χ0v) is 20.0. The van der Waals surface area contributed by atoms with Crippen molar-refractivity contribution in [3.8, 4) is 11.4 Å². The van der Waals surface area contributed by atoms with Gasteiger partial charge in [-0.25, -0.2) is 0 Å². The molecule has 0 saturated heterocycles. The van der Waals surface area contributed by atoms with Crippen LogP contribution in [0.3, 0.4) is 0 Å². The summed E-state index contributed by atoms with van der Waals surface area (Å²) in [6, 6.07) is 15.9. The Bertz CT molecular complexity index is 1140. The Hall–Kier alpha value is -3.61. The van der Waals surface area contributed by atoms with Crippen molar-refractivity contribution < 1.29 is 9.68 Å². The Kier molecular flexibility index (Phi) is 8.63. The second kappa shape index (κ2) is 11.9. The molecule has 0 radical (unpaired) electrons. The molecular formula is C26H31N5O2. The summed E-state index contributed by atoms with van der Waals surface area (Å²) in [4.78, 5) is 24.6. The van der Waals surface area contributed by atoms with Crippen molar-refractivity contribution in [3.63, 3.8) is 0 Å². The molecule has 0 unspecified atom stereocenters. The zero-order valence-electron chi connectivity index (χ0n) is 20.0. The summed E-state index contributed by atoms with van der Waals surface area (Å²) < 4.78 is 0. The molecular weight excluding hydrogens is 414 g/mol. The van der Waals surface area contributed by atoms with E-state index in [0.29, 0.717) is 13.2 Å². The van der Waals surface area contributed by atoms with E-state index in [2.05, 4.69) is 15.3 Å². The van der Waals surface area contributed by atoms with E-state index in [0.717, 1.165) is 64.0 Å². The number of hydrogen-bond acceptors (Lipinski definition) is 7. The smallest absolute Gasteiger partial charge is 0.117 e. The minimum absolute atomic E-state index is 0.513. The lowest BCUT2D eigenvalue weighted by atomic mass is 10.1. The molecule has 0 fully saturated rings. The second-order valence-corrected chi connectivity index (χ2v) is 7.72. The normalized spacial score (nSPS) is 12.0. The lowest BCUT2D eigenvalue weighted by Crippen LogP contribution is -2.03. The number of hydrogen-bond donors (Lipinski definition) is 0. The third-order valence-electron chi connectivity index (χ3n) is 5.00. The fourth-order valence-electron chi connectivity index (χ4n) is 3.31. The van der Waals surface area contributed by atoms with Crippen LogP contribution in [0.1, 0.15) is 55.5 Å². The maximum atomic E-state index is 5.49. The third-order valence-corrected chi connectivity index (χ3v) is 5.00. The van der Waals surface area contributed by atoms with Gasteiger partial charge in [-0.05, 0) is 83.9 Å². The summed E-state index contributed by atoms with van der Waals surface area (Å²) in [6.07, 6.45) is 1.61. The largest absolute Gasteiger partial charge is 0.396 e. The van der Waals surface area contributed by atoms with Gasteiger partial charge in [0, 0.05) is 22.6 Å². The molecule has 7 heteroatoms. The molecule has 0 saturated carbocycles. The summed E-state index contributed by atoms with van der Waals surface area (Å²) in [5.41, 5.74) is 7.92. The van der Waals surface area contributed by atoms with Crippen molar-refractivity contribution in [1.82, 2.24) is 15.0 Å². The molecule has 0 amide bonds. The average molecular weight is 446 g/mol. The van der Waals surface area contributed by atoms with E-state index in [1.807, 2.05) is 83.1 Å². The number of rotatable bonds is 10. The standard InChI is InChI=1S/C26H31N5O2/c1-6-32-30-20(4)23-15-16-26(28-19(23)3)25-14-8-11-22(29-25)12-9-17-33-31-21(5)24-13-7-10-18(2)27-24/h7-8,10-11,13-16H,6,9,12,17H2,1-5H3. The van der Waals surface area contributed by atoms with E-state index in [4.69, 9.17) is 19.6 Å². The molecule has 0 spiro atoms. The Labute approximate surface area is 195 Å². The summed E-state index contributed by atoms with van der Waals surface area (Å²) >= 11 is 0. The maximum absolute atomic E-state index is 5.49. The highest BCUT2D eigenvalue weighted by atomic mass is 16.6. The highest BCUT2D eigenvalue weighted by molar-refractivity contribution is 5.99. The first-order valence-corrected chi connectivity index (χ1v) is 11.2. The van der Waals surface area contributed by atoms with Crippen LogP contribution in [-0.2, 0) is 16.1 Å². The third kappa shape index (κ3) is 6.94. The van der Waals surface area contributed by atoms with E-state index < -0.39 is 0 Å². The quantitative estimate of drug-likeness (QED) is 0.241. The minimum Gasteiger partial charge on any atom is -0.396 e. The van der Waals surface area contributed by atoms with E-state index in [1.165, 1.54) is 0 Å². The molecule has 33 heavy (non-hydrogen) atoms. The van der Waals surface area contributed by atoms with Crippen LogP contribution in [0.15, 0.2) is 58.8 Å². The topological polar surface area (TPSA) is 81.9 Å². The molecule has 3 aromatic heterocycles. The molecule has 3 aromatic rings. The Morgan fingerprint density at radius 3 is 2.33 bits per heavy atom. The van der Waals surface area contributed by atoms with Crippen molar-refractivity contribution in [2.75, 3.05) is 13.2 Å². The fraction of sp³-hybridized carbons (Fsp3) is 0.346. The molecule has 3 heterocycles. The van der Waals surface area contributed by atoms with Crippen molar-refractivity contribution in [1.29, 1.82) is 0 Å². The van der Waals surface area contributed by atoms with Crippen LogP contribution in [0.2, 0.25) is 0 Å². The SMILES string of the molecule is CCON=C(C)c1ccc(-c2cccc(CCCON=C(C)c3cccc(C)n3)n2)nc1C. The maximum Gasteiger partial charge on any atom is 0.117 e. The van der Waals surface area contributed by atoms with Crippen LogP contribution in [0.25, 0.3) is 11.4 Å². The molecule has 0 aliphatic heterocycles. The van der Waals surface area contributed by atoms with Crippen molar-refractivity contribution >= 4 is 11.4 Å². The highest BCUT2D eigenvalue weighted by Crippen LogP contribution is 2.18. The molecule has 3 rings (SSSR count). The molecule has 172 valence electrons. The van der Waals surface area contributed by atoms with E-state index in [-0.39, 0.29) is 0 Å². The molecule has 0 N–H and O–H groups in total. The van der Waals surface area contributed by atoms with Gasteiger partial charge in [0.2, 0.25) is 0 Å². The summed E-state index contributed by atoms with van der Waals surface area (Å²) in [5, 5.41) is 8.30. The van der Waals surface area contributed by atoms with Crippen molar-refractivity contribution in [2.45, 2.75) is 47.5 Å². The minimum atomic E-state index is 0.513. The molecule has 0 bridgehead atoms. The number of oxime groups is 2. The molecule has 0 aromatic carbocycles. The number of nitrogens with zero attached hydrogens (tertiary/aromatic N) is 5. The summed E-state index contributed by atoms with van der Waals surface area (Å²) in [6.45, 7) is 10.7.